The molecule has 0 aromatic heterocycles. The average molecular weight is 377 g/mol. The second-order valence-corrected chi connectivity index (χ2v) is 5.94. The van der Waals surface area contributed by atoms with Crippen LogP contribution in [0.3, 0.4) is 0 Å². The first kappa shape index (κ1) is 22.7. The van der Waals surface area contributed by atoms with Crippen LogP contribution in [0.4, 0.5) is 0 Å². The van der Waals surface area contributed by atoms with Crippen molar-refractivity contribution >= 4 is 41.4 Å². The van der Waals surface area contributed by atoms with E-state index in [0.717, 1.165) is 0 Å². The molecular formula is C13H23N5O6S. The SMILES string of the molecule is CSCCC(NC(=O)CNC(=O)C(CC(N)=O)NC(=O)CN)C(=O)O. The van der Waals surface area contributed by atoms with Gasteiger partial charge in [-0.25, -0.2) is 4.79 Å². The predicted octanol–water partition coefficient (Wildman–Crippen LogP) is -3.26. The minimum Gasteiger partial charge on any atom is -0.480 e. The lowest BCUT2D eigenvalue weighted by Gasteiger charge is -2.18. The molecule has 0 spiro atoms. The van der Waals surface area contributed by atoms with Gasteiger partial charge in [0.25, 0.3) is 0 Å². The fourth-order valence-corrected chi connectivity index (χ4v) is 2.16. The highest BCUT2D eigenvalue weighted by Crippen LogP contribution is 2.01. The number of carboxylic acids is 1. The van der Waals surface area contributed by atoms with Crippen LogP contribution in [0.1, 0.15) is 12.8 Å². The molecule has 11 nitrogen and oxygen atoms in total. The summed E-state index contributed by atoms with van der Waals surface area (Å²) in [5, 5.41) is 15.7. The van der Waals surface area contributed by atoms with E-state index in [0.29, 0.717) is 5.75 Å². The molecule has 0 saturated carbocycles. The lowest BCUT2D eigenvalue weighted by molar-refractivity contribution is -0.141. The van der Waals surface area contributed by atoms with Crippen molar-refractivity contribution in [3.8, 4) is 0 Å². The second-order valence-electron chi connectivity index (χ2n) is 4.95. The van der Waals surface area contributed by atoms with Gasteiger partial charge in [0, 0.05) is 0 Å². The van der Waals surface area contributed by atoms with Crippen LogP contribution in [0.25, 0.3) is 0 Å². The fraction of sp³-hybridized carbons (Fsp3) is 0.615. The number of carbonyl (C=O) groups is 5. The highest BCUT2D eigenvalue weighted by molar-refractivity contribution is 7.98. The first-order valence-corrected chi connectivity index (χ1v) is 8.67. The van der Waals surface area contributed by atoms with Gasteiger partial charge in [0.2, 0.25) is 23.6 Å². The quantitative estimate of drug-likeness (QED) is 0.204. The number of amides is 4. The number of hydrogen-bond acceptors (Lipinski definition) is 7. The van der Waals surface area contributed by atoms with Crippen LogP contribution < -0.4 is 27.4 Å². The third-order valence-electron chi connectivity index (χ3n) is 2.91. The normalized spacial score (nSPS) is 12.6. The molecule has 25 heavy (non-hydrogen) atoms. The first-order valence-electron chi connectivity index (χ1n) is 7.27. The number of carboxylic acid groups (broad SMARTS) is 1. The van der Waals surface area contributed by atoms with E-state index in [2.05, 4.69) is 16.0 Å². The number of nitrogens with two attached hydrogens (primary N) is 2. The molecule has 0 aliphatic heterocycles. The van der Waals surface area contributed by atoms with Crippen molar-refractivity contribution in [1.82, 2.24) is 16.0 Å². The van der Waals surface area contributed by atoms with Crippen LogP contribution >= 0.6 is 11.8 Å². The zero-order valence-corrected chi connectivity index (χ0v) is 14.6. The third-order valence-corrected chi connectivity index (χ3v) is 3.55. The van der Waals surface area contributed by atoms with Crippen LogP contribution in [-0.4, -0.2) is 71.9 Å². The molecule has 0 aliphatic carbocycles. The Hall–Kier alpha value is -2.34. The molecule has 0 aromatic carbocycles. The van der Waals surface area contributed by atoms with E-state index in [1.165, 1.54) is 11.8 Å². The van der Waals surface area contributed by atoms with E-state index >= 15 is 0 Å². The minimum atomic E-state index is -1.27. The Balaban J connectivity index is 4.59. The molecule has 4 amide bonds. The van der Waals surface area contributed by atoms with Gasteiger partial charge in [0.15, 0.2) is 0 Å². The summed E-state index contributed by atoms with van der Waals surface area (Å²) in [5.41, 5.74) is 10.1. The van der Waals surface area contributed by atoms with E-state index in [1.54, 1.807) is 6.26 Å². The van der Waals surface area contributed by atoms with E-state index in [9.17, 15) is 24.0 Å². The number of rotatable bonds is 12. The molecule has 0 aromatic rings. The van der Waals surface area contributed by atoms with Crippen molar-refractivity contribution in [2.75, 3.05) is 25.1 Å². The van der Waals surface area contributed by atoms with E-state index in [4.69, 9.17) is 16.6 Å². The zero-order chi connectivity index (χ0) is 19.4. The number of hydrogen-bond donors (Lipinski definition) is 6. The lowest BCUT2D eigenvalue weighted by atomic mass is 10.1. The van der Waals surface area contributed by atoms with Crippen molar-refractivity contribution in [3.05, 3.63) is 0 Å². The third kappa shape index (κ3) is 10.2. The summed E-state index contributed by atoms with van der Waals surface area (Å²) in [6, 6.07) is -2.34. The predicted molar refractivity (Wildman–Crippen MR) is 90.4 cm³/mol. The standard InChI is InChI=1S/C13H23N5O6S/c1-25-3-2-7(13(23)24)17-11(21)6-16-12(22)8(4-9(15)19)18-10(20)5-14/h7-8H,2-6,14H2,1H3,(H2,15,19)(H,16,22)(H,17,21)(H,18,20)(H,23,24). The van der Waals surface area contributed by atoms with Crippen molar-refractivity contribution in [2.45, 2.75) is 24.9 Å². The van der Waals surface area contributed by atoms with E-state index < -0.39 is 61.2 Å². The fourth-order valence-electron chi connectivity index (χ4n) is 1.69. The molecule has 2 unspecified atom stereocenters. The topological polar surface area (TPSA) is 194 Å². The molecular weight excluding hydrogens is 354 g/mol. The van der Waals surface area contributed by atoms with Gasteiger partial charge in [-0.05, 0) is 18.4 Å². The Kier molecular flexibility index (Phi) is 11.0. The monoisotopic (exact) mass is 377 g/mol. The highest BCUT2D eigenvalue weighted by Gasteiger charge is 2.24. The van der Waals surface area contributed by atoms with Gasteiger partial charge in [-0.1, -0.05) is 0 Å². The Morgan fingerprint density at radius 3 is 2.16 bits per heavy atom. The summed E-state index contributed by atoms with van der Waals surface area (Å²) in [7, 11) is 0. The molecule has 0 fully saturated rings. The van der Waals surface area contributed by atoms with Gasteiger partial charge in [0.05, 0.1) is 19.5 Å². The molecule has 0 aliphatic rings. The van der Waals surface area contributed by atoms with Crippen molar-refractivity contribution < 1.29 is 29.1 Å². The van der Waals surface area contributed by atoms with Gasteiger partial charge >= 0.3 is 5.97 Å². The summed E-state index contributed by atoms with van der Waals surface area (Å²) < 4.78 is 0. The van der Waals surface area contributed by atoms with Crippen molar-refractivity contribution in [1.29, 1.82) is 0 Å². The molecule has 2 atom stereocenters. The molecule has 0 rings (SSSR count). The van der Waals surface area contributed by atoms with Crippen LogP contribution in [-0.2, 0) is 24.0 Å². The van der Waals surface area contributed by atoms with Crippen molar-refractivity contribution in [2.24, 2.45) is 11.5 Å². The zero-order valence-electron chi connectivity index (χ0n) is 13.7. The number of thioether (sulfide) groups is 1. The maximum absolute atomic E-state index is 12.0. The molecule has 8 N–H and O–H groups in total. The maximum Gasteiger partial charge on any atom is 0.326 e. The summed E-state index contributed by atoms with van der Waals surface area (Å²) in [6.07, 6.45) is 1.56. The Labute approximate surface area is 148 Å². The molecule has 142 valence electrons. The van der Waals surface area contributed by atoms with Gasteiger partial charge < -0.3 is 32.5 Å². The lowest BCUT2D eigenvalue weighted by Crippen LogP contribution is -2.52. The van der Waals surface area contributed by atoms with Crippen molar-refractivity contribution in [3.63, 3.8) is 0 Å². The summed E-state index contributed by atoms with van der Waals surface area (Å²) >= 11 is 1.43. The Bertz CT molecular complexity index is 515. The number of primary amides is 1. The minimum absolute atomic E-state index is 0.229. The van der Waals surface area contributed by atoms with Crippen LogP contribution in [0, 0.1) is 0 Å². The smallest absolute Gasteiger partial charge is 0.326 e. The number of nitrogens with one attached hydrogen (secondary N) is 3. The van der Waals surface area contributed by atoms with Crippen LogP contribution in [0.5, 0.6) is 0 Å². The number of carbonyl (C=O) groups excluding carboxylic acids is 4. The molecule has 0 radical (unpaired) electrons. The summed E-state index contributed by atoms with van der Waals surface area (Å²) in [6.45, 7) is -0.908. The van der Waals surface area contributed by atoms with Crippen LogP contribution in [0.2, 0.25) is 0 Å². The van der Waals surface area contributed by atoms with Crippen LogP contribution in [0.15, 0.2) is 0 Å². The molecule has 12 heteroatoms. The Morgan fingerprint density at radius 1 is 1.08 bits per heavy atom. The van der Waals surface area contributed by atoms with Gasteiger partial charge in [0.1, 0.15) is 12.1 Å². The molecule has 0 bridgehead atoms. The average Bonchev–Trinajstić information content (AvgIpc) is 2.54. The maximum atomic E-state index is 12.0. The van der Waals surface area contributed by atoms with Gasteiger partial charge in [-0.2, -0.15) is 11.8 Å². The first-order chi connectivity index (χ1) is 11.7. The summed E-state index contributed by atoms with van der Waals surface area (Å²) in [5.74, 6) is -3.68. The van der Waals surface area contributed by atoms with E-state index in [-0.39, 0.29) is 6.42 Å². The Morgan fingerprint density at radius 2 is 1.68 bits per heavy atom. The van der Waals surface area contributed by atoms with E-state index in [1.807, 2.05) is 0 Å². The number of aliphatic carboxylic acids is 1. The molecule has 0 saturated heterocycles. The summed E-state index contributed by atoms with van der Waals surface area (Å²) in [4.78, 5) is 57.0. The molecule has 0 heterocycles. The van der Waals surface area contributed by atoms with Gasteiger partial charge in [-0.15, -0.1) is 0 Å². The van der Waals surface area contributed by atoms with Gasteiger partial charge in [-0.3, -0.25) is 19.2 Å². The second kappa shape index (κ2) is 12.1. The highest BCUT2D eigenvalue weighted by atomic mass is 32.2. The largest absolute Gasteiger partial charge is 0.480 e.